The Balaban J connectivity index is 2.49. The number of rotatable bonds is 7. The Kier molecular flexibility index (Phi) is 7.48. The Bertz CT molecular complexity index is 284. The molecular formula is C15H32N4O. The number of carbonyl (C=O) groups is 1. The molecule has 1 saturated heterocycles. The van der Waals surface area contributed by atoms with Crippen LogP contribution in [0.2, 0.25) is 0 Å². The highest BCUT2D eigenvalue weighted by Crippen LogP contribution is 2.18. The van der Waals surface area contributed by atoms with Crippen LogP contribution >= 0.6 is 0 Å². The van der Waals surface area contributed by atoms with Crippen molar-refractivity contribution in [2.75, 3.05) is 46.8 Å². The van der Waals surface area contributed by atoms with Crippen molar-refractivity contribution in [3.63, 3.8) is 0 Å². The Hall–Kier alpha value is -0.650. The van der Waals surface area contributed by atoms with Crippen LogP contribution in [0.4, 0.5) is 0 Å². The first-order valence-electron chi connectivity index (χ1n) is 7.91. The quantitative estimate of drug-likeness (QED) is 0.744. The third-order valence-corrected chi connectivity index (χ3v) is 4.54. The molecule has 1 aliphatic heterocycles. The first kappa shape index (κ1) is 17.4. The van der Waals surface area contributed by atoms with Crippen LogP contribution in [0.15, 0.2) is 0 Å². The van der Waals surface area contributed by atoms with Gasteiger partial charge in [0.15, 0.2) is 0 Å². The molecule has 20 heavy (non-hydrogen) atoms. The minimum Gasteiger partial charge on any atom is -0.343 e. The number of carbonyl (C=O) groups excluding carboxylic acids is 1. The lowest BCUT2D eigenvalue weighted by atomic mass is 10.0. The number of nitrogens with two attached hydrogens (primary N) is 1. The van der Waals surface area contributed by atoms with E-state index in [-0.39, 0.29) is 11.9 Å². The molecule has 0 aromatic carbocycles. The average Bonchev–Trinajstić information content (AvgIpc) is 2.46. The predicted octanol–water partition coefficient (Wildman–Crippen LogP) is 0.598. The van der Waals surface area contributed by atoms with E-state index in [2.05, 4.69) is 23.9 Å². The number of nitrogens with zero attached hydrogens (tertiary/aromatic N) is 3. The minimum atomic E-state index is 0.200. The molecular weight excluding hydrogens is 252 g/mol. The van der Waals surface area contributed by atoms with Gasteiger partial charge in [0, 0.05) is 38.1 Å². The number of hydrogen-bond donors (Lipinski definition) is 1. The zero-order valence-corrected chi connectivity index (χ0v) is 13.6. The third kappa shape index (κ3) is 4.72. The predicted molar refractivity (Wildman–Crippen MR) is 83.7 cm³/mol. The first-order valence-corrected chi connectivity index (χ1v) is 7.91. The summed E-state index contributed by atoms with van der Waals surface area (Å²) in [5, 5.41) is 0. The number of piperidine rings is 1. The summed E-state index contributed by atoms with van der Waals surface area (Å²) in [4.78, 5) is 18.8. The summed E-state index contributed by atoms with van der Waals surface area (Å²) in [6.07, 6.45) is 2.90. The Morgan fingerprint density at radius 1 is 1.25 bits per heavy atom. The van der Waals surface area contributed by atoms with Crippen molar-refractivity contribution in [3.05, 3.63) is 0 Å². The van der Waals surface area contributed by atoms with Gasteiger partial charge in [-0.2, -0.15) is 0 Å². The van der Waals surface area contributed by atoms with Crippen molar-refractivity contribution in [1.82, 2.24) is 14.7 Å². The highest BCUT2D eigenvalue weighted by atomic mass is 16.2. The lowest BCUT2D eigenvalue weighted by molar-refractivity contribution is -0.132. The highest BCUT2D eigenvalue weighted by molar-refractivity contribution is 5.76. The molecule has 0 radical (unpaired) electrons. The van der Waals surface area contributed by atoms with Crippen molar-refractivity contribution in [2.45, 2.75) is 45.2 Å². The van der Waals surface area contributed by atoms with E-state index >= 15 is 0 Å². The van der Waals surface area contributed by atoms with Gasteiger partial charge in [0.2, 0.25) is 5.91 Å². The molecule has 1 rings (SSSR count). The van der Waals surface area contributed by atoms with E-state index in [1.54, 1.807) is 0 Å². The Labute approximate surface area is 124 Å². The van der Waals surface area contributed by atoms with Crippen molar-refractivity contribution in [1.29, 1.82) is 0 Å². The fraction of sp³-hybridized carbons (Fsp3) is 0.933. The Morgan fingerprint density at radius 3 is 2.20 bits per heavy atom. The molecule has 1 aliphatic rings. The van der Waals surface area contributed by atoms with Crippen molar-refractivity contribution < 1.29 is 4.79 Å². The lowest BCUT2D eigenvalue weighted by Gasteiger charge is -2.39. The molecule has 1 atom stereocenters. The van der Waals surface area contributed by atoms with Gasteiger partial charge < -0.3 is 15.5 Å². The zero-order chi connectivity index (χ0) is 15.1. The second-order valence-electron chi connectivity index (χ2n) is 5.89. The van der Waals surface area contributed by atoms with E-state index in [1.165, 1.54) is 12.8 Å². The molecule has 2 N–H and O–H groups in total. The van der Waals surface area contributed by atoms with E-state index < -0.39 is 0 Å². The maximum atomic E-state index is 12.2. The first-order chi connectivity index (χ1) is 9.53. The molecule has 118 valence electrons. The Morgan fingerprint density at radius 2 is 1.80 bits per heavy atom. The molecule has 0 aliphatic carbocycles. The van der Waals surface area contributed by atoms with Crippen LogP contribution in [-0.4, -0.2) is 79.5 Å². The van der Waals surface area contributed by atoms with Gasteiger partial charge in [0.05, 0.1) is 0 Å². The van der Waals surface area contributed by atoms with E-state index in [0.717, 1.165) is 26.2 Å². The maximum absolute atomic E-state index is 12.2. The summed E-state index contributed by atoms with van der Waals surface area (Å²) in [6, 6.07) is 0.870. The van der Waals surface area contributed by atoms with Gasteiger partial charge in [0.1, 0.15) is 0 Å². The third-order valence-electron chi connectivity index (χ3n) is 4.54. The molecule has 1 fully saturated rings. The molecule has 1 unspecified atom stereocenters. The monoisotopic (exact) mass is 284 g/mol. The van der Waals surface area contributed by atoms with Crippen LogP contribution in [-0.2, 0) is 4.79 Å². The molecule has 0 aromatic heterocycles. The van der Waals surface area contributed by atoms with E-state index in [0.29, 0.717) is 19.0 Å². The van der Waals surface area contributed by atoms with Gasteiger partial charge in [-0.05, 0) is 53.9 Å². The number of amides is 1. The second-order valence-corrected chi connectivity index (χ2v) is 5.89. The van der Waals surface area contributed by atoms with Crippen LogP contribution in [0.5, 0.6) is 0 Å². The topological polar surface area (TPSA) is 52.8 Å². The van der Waals surface area contributed by atoms with Gasteiger partial charge >= 0.3 is 0 Å². The fourth-order valence-electron chi connectivity index (χ4n) is 3.04. The fourth-order valence-corrected chi connectivity index (χ4v) is 3.04. The van der Waals surface area contributed by atoms with Gasteiger partial charge in [0.25, 0.3) is 0 Å². The molecule has 0 spiro atoms. The second kappa shape index (κ2) is 8.60. The van der Waals surface area contributed by atoms with Gasteiger partial charge in [-0.1, -0.05) is 0 Å². The van der Waals surface area contributed by atoms with Crippen LogP contribution < -0.4 is 5.73 Å². The summed E-state index contributed by atoms with van der Waals surface area (Å²) in [5.74, 6) is 0.236. The summed E-state index contributed by atoms with van der Waals surface area (Å²) < 4.78 is 0. The summed E-state index contributed by atoms with van der Waals surface area (Å²) in [6.45, 7) is 8.31. The summed E-state index contributed by atoms with van der Waals surface area (Å²) in [7, 11) is 4.29. The van der Waals surface area contributed by atoms with Crippen LogP contribution in [0.3, 0.4) is 0 Å². The van der Waals surface area contributed by atoms with Crippen LogP contribution in [0, 0.1) is 0 Å². The van der Waals surface area contributed by atoms with Gasteiger partial charge in [-0.3, -0.25) is 9.69 Å². The lowest BCUT2D eigenvalue weighted by Crippen LogP contribution is -2.50. The molecule has 0 saturated carbocycles. The molecule has 1 amide bonds. The summed E-state index contributed by atoms with van der Waals surface area (Å²) in [5.41, 5.74) is 5.91. The smallest absolute Gasteiger partial charge is 0.224 e. The average molecular weight is 284 g/mol. The molecule has 0 bridgehead atoms. The number of hydrogen-bond acceptors (Lipinski definition) is 4. The molecule has 5 heteroatoms. The van der Waals surface area contributed by atoms with Gasteiger partial charge in [-0.25, -0.2) is 0 Å². The molecule has 5 nitrogen and oxygen atoms in total. The molecule has 0 aromatic rings. The van der Waals surface area contributed by atoms with E-state index in [1.807, 2.05) is 18.7 Å². The van der Waals surface area contributed by atoms with E-state index in [9.17, 15) is 4.79 Å². The normalized spacial score (nSPS) is 19.3. The van der Waals surface area contributed by atoms with Crippen LogP contribution in [0.25, 0.3) is 0 Å². The highest BCUT2D eigenvalue weighted by Gasteiger charge is 2.27. The van der Waals surface area contributed by atoms with Gasteiger partial charge in [-0.15, -0.1) is 0 Å². The zero-order valence-electron chi connectivity index (χ0n) is 13.6. The van der Waals surface area contributed by atoms with E-state index in [4.69, 9.17) is 5.73 Å². The number of likely N-dealkylation sites (tertiary alicyclic amines) is 1. The van der Waals surface area contributed by atoms with Crippen molar-refractivity contribution >= 4 is 5.91 Å². The standard InChI is InChI=1S/C15H32N4O/c1-5-18(6-2)15(20)11-14(12-16)19-9-7-13(8-10-19)17(3)4/h13-14H,5-12,16H2,1-4H3. The van der Waals surface area contributed by atoms with Crippen molar-refractivity contribution in [3.8, 4) is 0 Å². The van der Waals surface area contributed by atoms with Crippen molar-refractivity contribution in [2.24, 2.45) is 5.73 Å². The summed E-state index contributed by atoms with van der Waals surface area (Å²) >= 11 is 0. The maximum Gasteiger partial charge on any atom is 0.224 e. The minimum absolute atomic E-state index is 0.200. The molecule has 1 heterocycles. The van der Waals surface area contributed by atoms with Crippen LogP contribution in [0.1, 0.15) is 33.1 Å². The largest absolute Gasteiger partial charge is 0.343 e. The SMILES string of the molecule is CCN(CC)C(=O)CC(CN)N1CCC(N(C)C)CC1.